The normalized spacial score (nSPS) is 18.5. The highest BCUT2D eigenvalue weighted by atomic mass is 35.5. The van der Waals surface area contributed by atoms with Gasteiger partial charge in [-0.05, 0) is 133 Å². The average molecular weight is 593 g/mol. The van der Waals surface area contributed by atoms with Crippen molar-refractivity contribution in [3.05, 3.63) is 64.7 Å². The third kappa shape index (κ3) is 9.23. The molecule has 2 fully saturated rings. The van der Waals surface area contributed by atoms with Gasteiger partial charge in [0.25, 0.3) is 0 Å². The summed E-state index contributed by atoms with van der Waals surface area (Å²) in [6.07, 6.45) is 10.6. The molecule has 228 valence electrons. The van der Waals surface area contributed by atoms with E-state index >= 15 is 0 Å². The fourth-order valence-electron chi connectivity index (χ4n) is 6.75. The summed E-state index contributed by atoms with van der Waals surface area (Å²) < 4.78 is 5.82. The maximum Gasteiger partial charge on any atom is 0.180 e. The van der Waals surface area contributed by atoms with Crippen LogP contribution in [0.2, 0.25) is 5.02 Å². The number of piperidine rings is 2. The smallest absolute Gasteiger partial charge is 0.180 e. The molecule has 6 nitrogen and oxygen atoms in total. The van der Waals surface area contributed by atoms with Gasteiger partial charge in [0.15, 0.2) is 5.78 Å². The second-order valence-corrected chi connectivity index (χ2v) is 13.0. The van der Waals surface area contributed by atoms with Crippen LogP contribution in [0.25, 0.3) is 0 Å². The number of carbonyl (C=O) groups excluding carboxylic acids is 1. The molecule has 2 aliphatic rings. The van der Waals surface area contributed by atoms with E-state index in [1.54, 1.807) is 0 Å². The lowest BCUT2D eigenvalue weighted by Gasteiger charge is -2.42. The molecular formula is C35H49ClN4O2. The van der Waals surface area contributed by atoms with Crippen LogP contribution in [-0.2, 0) is 16.6 Å². The first-order valence-corrected chi connectivity index (χ1v) is 16.2. The molecule has 2 heterocycles. The summed E-state index contributed by atoms with van der Waals surface area (Å²) in [5, 5.41) is 17.5. The first-order valence-electron chi connectivity index (χ1n) is 15.9. The number of halogens is 1. The molecule has 4 rings (SSSR count). The predicted molar refractivity (Wildman–Crippen MR) is 174 cm³/mol. The second kappa shape index (κ2) is 15.8. The number of ether oxygens (including phenoxy) is 1. The van der Waals surface area contributed by atoms with Gasteiger partial charge in [0, 0.05) is 29.3 Å². The molecule has 2 saturated heterocycles. The van der Waals surface area contributed by atoms with Gasteiger partial charge in [0.1, 0.15) is 5.75 Å². The minimum Gasteiger partial charge on any atom is -0.491 e. The van der Waals surface area contributed by atoms with Crippen LogP contribution in [0.3, 0.4) is 0 Å². The fourth-order valence-corrected chi connectivity index (χ4v) is 6.94. The van der Waals surface area contributed by atoms with E-state index in [9.17, 15) is 4.79 Å². The van der Waals surface area contributed by atoms with Crippen LogP contribution in [0.4, 0.5) is 0 Å². The van der Waals surface area contributed by atoms with Gasteiger partial charge in [-0.1, -0.05) is 42.3 Å². The molecule has 0 radical (unpaired) electrons. The summed E-state index contributed by atoms with van der Waals surface area (Å²) in [5.74, 6) is 0.574. The summed E-state index contributed by atoms with van der Waals surface area (Å²) in [6.45, 7) is 9.54. The van der Waals surface area contributed by atoms with E-state index in [1.807, 2.05) is 56.3 Å². The maximum absolute atomic E-state index is 13.4. The molecule has 2 N–H and O–H groups in total. The van der Waals surface area contributed by atoms with E-state index in [0.717, 1.165) is 42.9 Å². The molecule has 7 heteroatoms. The van der Waals surface area contributed by atoms with Crippen molar-refractivity contribution in [2.24, 2.45) is 0 Å². The monoisotopic (exact) mass is 592 g/mol. The van der Waals surface area contributed by atoms with Crippen molar-refractivity contribution in [2.75, 3.05) is 32.7 Å². The molecule has 0 saturated carbocycles. The summed E-state index contributed by atoms with van der Waals surface area (Å²) in [4.78, 5) is 18.7. The van der Waals surface area contributed by atoms with Crippen LogP contribution in [-0.4, -0.2) is 72.4 Å². The molecule has 0 bridgehead atoms. The Bertz CT molecular complexity index is 1190. The maximum atomic E-state index is 13.4. The number of nitrogens with zero attached hydrogens (tertiary/aromatic N) is 2. The lowest BCUT2D eigenvalue weighted by molar-refractivity contribution is -0.112. The first kappa shape index (κ1) is 32.4. The number of hydrogen-bond acceptors (Lipinski definition) is 6. The zero-order valence-electron chi connectivity index (χ0n) is 25.5. The summed E-state index contributed by atoms with van der Waals surface area (Å²) in [7, 11) is 0. The molecule has 0 aromatic heterocycles. The van der Waals surface area contributed by atoms with E-state index in [0.29, 0.717) is 30.3 Å². The van der Waals surface area contributed by atoms with Gasteiger partial charge < -0.3 is 25.4 Å². The highest BCUT2D eigenvalue weighted by molar-refractivity contribution is 6.39. The lowest BCUT2D eigenvalue weighted by atomic mass is 9.69. The largest absolute Gasteiger partial charge is 0.491 e. The third-order valence-electron chi connectivity index (χ3n) is 9.06. The Morgan fingerprint density at radius 3 is 2.48 bits per heavy atom. The third-order valence-corrected chi connectivity index (χ3v) is 9.30. The summed E-state index contributed by atoms with van der Waals surface area (Å²) in [6, 6.07) is 16.2. The Hall–Kier alpha value is -2.54. The van der Waals surface area contributed by atoms with Gasteiger partial charge in [-0.25, -0.2) is 0 Å². The number of likely N-dealkylation sites (tertiary alicyclic amines) is 2. The average Bonchev–Trinajstić information content (AvgIpc) is 2.99. The van der Waals surface area contributed by atoms with Gasteiger partial charge in [-0.2, -0.15) is 0 Å². The topological polar surface area (TPSA) is 80.5 Å². The van der Waals surface area contributed by atoms with Crippen molar-refractivity contribution in [1.29, 1.82) is 10.8 Å². The minimum atomic E-state index is -0.443. The van der Waals surface area contributed by atoms with E-state index in [1.165, 1.54) is 51.4 Å². The fraction of sp³-hybridized carbons (Fsp3) is 0.571. The lowest BCUT2D eigenvalue weighted by Crippen LogP contribution is -2.47. The Morgan fingerprint density at radius 2 is 1.79 bits per heavy atom. The molecule has 0 unspecified atom stereocenters. The number of benzene rings is 2. The molecule has 2 aliphatic heterocycles. The van der Waals surface area contributed by atoms with Crippen molar-refractivity contribution in [3.8, 4) is 5.75 Å². The van der Waals surface area contributed by atoms with Crippen LogP contribution in [0.5, 0.6) is 5.75 Å². The summed E-state index contributed by atoms with van der Waals surface area (Å²) in [5.41, 5.74) is 1.61. The standard InChI is InChI=1S/C35H49ClN4O2/c1-27(2)42-32-12-6-9-28(23-32)24-34(41)33(38)26-35(15-8-17-37,29-10-7-11-30(36)25-29)16-22-39-20-13-31(14-21-39)40-18-4-3-5-19-40/h6-7,9-12,17,23,25,27,31,37-38H,3-5,8,13-16,18-22,24,26H2,1-2H3/t35-/m0/s1. The molecule has 42 heavy (non-hydrogen) atoms. The molecule has 1 atom stereocenters. The summed E-state index contributed by atoms with van der Waals surface area (Å²) >= 11 is 6.49. The number of hydrogen-bond donors (Lipinski definition) is 2. The number of nitrogens with one attached hydrogen (secondary N) is 2. The Morgan fingerprint density at radius 1 is 1.05 bits per heavy atom. The van der Waals surface area contributed by atoms with Crippen LogP contribution in [0.15, 0.2) is 48.5 Å². The molecular weight excluding hydrogens is 544 g/mol. The zero-order chi connectivity index (χ0) is 30.0. The quantitative estimate of drug-likeness (QED) is 0.212. The van der Waals surface area contributed by atoms with Gasteiger partial charge in [-0.15, -0.1) is 0 Å². The number of rotatable bonds is 15. The highest BCUT2D eigenvalue weighted by Gasteiger charge is 2.36. The number of ketones is 1. The molecule has 0 amide bonds. The second-order valence-electron chi connectivity index (χ2n) is 12.5. The van der Waals surface area contributed by atoms with Gasteiger partial charge in [0.2, 0.25) is 0 Å². The van der Waals surface area contributed by atoms with Gasteiger partial charge in [0.05, 0.1) is 11.8 Å². The molecule has 0 aliphatic carbocycles. The Labute approximate surface area is 257 Å². The van der Waals surface area contributed by atoms with Crippen LogP contribution >= 0.6 is 11.6 Å². The highest BCUT2D eigenvalue weighted by Crippen LogP contribution is 2.39. The van der Waals surface area contributed by atoms with E-state index in [4.69, 9.17) is 27.2 Å². The van der Waals surface area contributed by atoms with E-state index < -0.39 is 5.41 Å². The van der Waals surface area contributed by atoms with Crippen LogP contribution < -0.4 is 4.74 Å². The molecule has 2 aromatic rings. The van der Waals surface area contributed by atoms with Crippen LogP contribution in [0.1, 0.15) is 82.8 Å². The van der Waals surface area contributed by atoms with Crippen molar-refractivity contribution in [2.45, 2.75) is 95.6 Å². The van der Waals surface area contributed by atoms with E-state index in [-0.39, 0.29) is 24.0 Å². The molecule has 0 spiro atoms. The van der Waals surface area contributed by atoms with Gasteiger partial charge in [-0.3, -0.25) is 4.79 Å². The van der Waals surface area contributed by atoms with Crippen LogP contribution in [0, 0.1) is 10.8 Å². The number of Topliss-reactive ketones (excluding diaryl/α,β-unsaturated/α-hetero) is 1. The Kier molecular flexibility index (Phi) is 12.2. The number of carbonyl (C=O) groups is 1. The van der Waals surface area contributed by atoms with Crippen molar-refractivity contribution >= 4 is 29.3 Å². The van der Waals surface area contributed by atoms with Crippen molar-refractivity contribution < 1.29 is 9.53 Å². The van der Waals surface area contributed by atoms with E-state index in [2.05, 4.69) is 15.9 Å². The minimum absolute atomic E-state index is 0.0527. The first-order chi connectivity index (χ1) is 20.3. The molecule has 2 aromatic carbocycles. The zero-order valence-corrected chi connectivity index (χ0v) is 26.3. The SMILES string of the molecule is CC(C)Oc1cccc(CC(=O)C(=N)C[C@](CCC=N)(CCN2CCC(N3CCCCC3)CC2)c2cccc(Cl)c2)c1. The van der Waals surface area contributed by atoms with Crippen molar-refractivity contribution in [3.63, 3.8) is 0 Å². The van der Waals surface area contributed by atoms with Crippen molar-refractivity contribution in [1.82, 2.24) is 9.80 Å². The Balaban J connectivity index is 1.47. The predicted octanol–water partition coefficient (Wildman–Crippen LogP) is 7.36. The van der Waals surface area contributed by atoms with Gasteiger partial charge >= 0.3 is 0 Å².